The topological polar surface area (TPSA) is 72.9 Å². The number of amides is 1. The molecule has 8 heteroatoms. The minimum Gasteiger partial charge on any atom is -0.443 e. The Labute approximate surface area is 135 Å². The van der Waals surface area contributed by atoms with Crippen LogP contribution in [0, 0.1) is 0 Å². The summed E-state index contributed by atoms with van der Waals surface area (Å²) >= 11 is 5.82. The third-order valence-corrected chi connectivity index (χ3v) is 4.55. The van der Waals surface area contributed by atoms with Gasteiger partial charge in [0.2, 0.25) is 0 Å². The molecule has 1 aromatic carbocycles. The summed E-state index contributed by atoms with van der Waals surface area (Å²) in [6, 6.07) is 6.33. The molecular formula is C14H18ClNO5S. The maximum absolute atomic E-state index is 12.2. The van der Waals surface area contributed by atoms with Crippen molar-refractivity contribution < 1.29 is 22.1 Å². The largest absolute Gasteiger partial charge is 0.443 e. The highest BCUT2D eigenvalue weighted by Crippen LogP contribution is 2.25. The van der Waals surface area contributed by atoms with Gasteiger partial charge in [0.25, 0.3) is 0 Å². The summed E-state index contributed by atoms with van der Waals surface area (Å²) in [5, 5.41) is 0.586. The predicted molar refractivity (Wildman–Crippen MR) is 81.9 cm³/mol. The van der Waals surface area contributed by atoms with E-state index in [1.807, 2.05) is 0 Å². The lowest BCUT2D eigenvalue weighted by atomic mass is 10.1. The van der Waals surface area contributed by atoms with Gasteiger partial charge in [-0.2, -0.15) is 12.7 Å². The fourth-order valence-electron chi connectivity index (χ4n) is 2.05. The molecule has 6 nitrogen and oxygen atoms in total. The predicted octanol–water partition coefficient (Wildman–Crippen LogP) is 2.76. The van der Waals surface area contributed by atoms with E-state index in [1.165, 1.54) is 0 Å². The van der Waals surface area contributed by atoms with Gasteiger partial charge in [-0.25, -0.2) is 4.79 Å². The summed E-state index contributed by atoms with van der Waals surface area (Å²) in [5.41, 5.74) is 0.0590. The maximum atomic E-state index is 12.2. The lowest BCUT2D eigenvalue weighted by molar-refractivity contribution is 0.0357. The Morgan fingerprint density at radius 3 is 2.50 bits per heavy atom. The third-order valence-electron chi connectivity index (χ3n) is 2.94. The highest BCUT2D eigenvalue weighted by Gasteiger charge is 2.44. The molecule has 0 spiro atoms. The molecule has 1 fully saturated rings. The van der Waals surface area contributed by atoms with E-state index in [0.717, 1.165) is 5.56 Å². The number of hydrogen-bond donors (Lipinski definition) is 0. The third kappa shape index (κ3) is 4.12. The van der Waals surface area contributed by atoms with Gasteiger partial charge in [-0.1, -0.05) is 23.7 Å². The monoisotopic (exact) mass is 347 g/mol. The first kappa shape index (κ1) is 17.1. The molecular weight excluding hydrogens is 330 g/mol. The zero-order valence-corrected chi connectivity index (χ0v) is 14.1. The van der Waals surface area contributed by atoms with Crippen molar-refractivity contribution in [2.24, 2.45) is 0 Å². The standard InChI is InChI=1S/C14H18ClNO5S/c1-14(2,3)21-13(17)16-12(9-20-22(16,18)19)8-10-4-6-11(15)7-5-10/h4-7,12H,8-9H2,1-3H3. The number of nitrogens with zero attached hydrogens (tertiary/aromatic N) is 1. The van der Waals surface area contributed by atoms with E-state index >= 15 is 0 Å². The second kappa shape index (κ2) is 6.06. The van der Waals surface area contributed by atoms with Gasteiger partial charge >= 0.3 is 16.4 Å². The minimum absolute atomic E-state index is 0.0931. The summed E-state index contributed by atoms with van der Waals surface area (Å²) < 4.78 is 34.4. The molecule has 1 aromatic rings. The molecule has 1 amide bonds. The van der Waals surface area contributed by atoms with Gasteiger partial charge in [0, 0.05) is 5.02 Å². The van der Waals surface area contributed by atoms with Crippen molar-refractivity contribution in [2.45, 2.75) is 38.8 Å². The Morgan fingerprint density at radius 1 is 1.36 bits per heavy atom. The van der Waals surface area contributed by atoms with Crippen molar-refractivity contribution in [2.75, 3.05) is 6.61 Å². The van der Waals surface area contributed by atoms with Crippen LogP contribution in [0.3, 0.4) is 0 Å². The summed E-state index contributed by atoms with van der Waals surface area (Å²) in [7, 11) is -4.10. The second-order valence-corrected chi connectivity index (χ2v) is 7.92. The van der Waals surface area contributed by atoms with Crippen LogP contribution in [0.4, 0.5) is 4.79 Å². The molecule has 1 aliphatic heterocycles. The normalized spacial score (nSPS) is 20.9. The van der Waals surface area contributed by atoms with Gasteiger partial charge in [0.15, 0.2) is 0 Å². The first-order chi connectivity index (χ1) is 10.1. The van der Waals surface area contributed by atoms with Crippen LogP contribution in [0.2, 0.25) is 5.02 Å². The van der Waals surface area contributed by atoms with Gasteiger partial charge in [-0.15, -0.1) is 0 Å². The van der Waals surface area contributed by atoms with Crippen LogP contribution >= 0.6 is 11.6 Å². The fourth-order valence-corrected chi connectivity index (χ4v) is 3.34. The number of carbonyl (C=O) groups excluding carboxylic acids is 1. The van der Waals surface area contributed by atoms with Gasteiger partial charge in [-0.05, 0) is 44.9 Å². The van der Waals surface area contributed by atoms with Gasteiger partial charge in [0.05, 0.1) is 12.6 Å². The van der Waals surface area contributed by atoms with Crippen molar-refractivity contribution in [1.29, 1.82) is 0 Å². The van der Waals surface area contributed by atoms with Crippen LogP contribution in [-0.4, -0.2) is 37.1 Å². The summed E-state index contributed by atoms with van der Waals surface area (Å²) in [5.74, 6) is 0. The summed E-state index contributed by atoms with van der Waals surface area (Å²) in [6.45, 7) is 4.91. The van der Waals surface area contributed by atoms with Crippen molar-refractivity contribution in [3.63, 3.8) is 0 Å². The molecule has 1 atom stereocenters. The number of benzene rings is 1. The first-order valence-electron chi connectivity index (χ1n) is 6.75. The van der Waals surface area contributed by atoms with Crippen molar-refractivity contribution in [3.8, 4) is 0 Å². The lowest BCUT2D eigenvalue weighted by Gasteiger charge is -2.25. The average molecular weight is 348 g/mol. The lowest BCUT2D eigenvalue weighted by Crippen LogP contribution is -2.43. The average Bonchev–Trinajstić information content (AvgIpc) is 2.65. The Hall–Kier alpha value is -1.31. The molecule has 1 aliphatic rings. The van der Waals surface area contributed by atoms with Gasteiger partial charge < -0.3 is 4.74 Å². The molecule has 0 aliphatic carbocycles. The molecule has 2 rings (SSSR count). The van der Waals surface area contributed by atoms with Crippen LogP contribution in [0.25, 0.3) is 0 Å². The number of halogens is 1. The number of hydrogen-bond acceptors (Lipinski definition) is 5. The summed E-state index contributed by atoms with van der Waals surface area (Å²) in [4.78, 5) is 12.2. The molecule has 0 saturated carbocycles. The van der Waals surface area contributed by atoms with E-state index in [9.17, 15) is 13.2 Å². The van der Waals surface area contributed by atoms with E-state index in [0.29, 0.717) is 15.7 Å². The molecule has 1 unspecified atom stereocenters. The summed E-state index contributed by atoms with van der Waals surface area (Å²) in [6.07, 6.45) is -0.598. The van der Waals surface area contributed by atoms with E-state index < -0.39 is 28.0 Å². The molecule has 1 heterocycles. The van der Waals surface area contributed by atoms with Crippen LogP contribution in [0.15, 0.2) is 24.3 Å². The molecule has 0 radical (unpaired) electrons. The van der Waals surface area contributed by atoms with E-state index in [-0.39, 0.29) is 6.61 Å². The molecule has 1 saturated heterocycles. The van der Waals surface area contributed by atoms with Crippen LogP contribution in [-0.2, 0) is 25.6 Å². The van der Waals surface area contributed by atoms with Crippen LogP contribution in [0.1, 0.15) is 26.3 Å². The number of rotatable bonds is 2. The highest BCUT2D eigenvalue weighted by atomic mass is 35.5. The zero-order chi connectivity index (χ0) is 16.5. The molecule has 22 heavy (non-hydrogen) atoms. The number of carbonyl (C=O) groups is 1. The first-order valence-corrected chi connectivity index (χ1v) is 8.49. The highest BCUT2D eigenvalue weighted by molar-refractivity contribution is 7.85. The van der Waals surface area contributed by atoms with Crippen molar-refractivity contribution in [1.82, 2.24) is 4.31 Å². The van der Waals surface area contributed by atoms with E-state index in [1.54, 1.807) is 45.0 Å². The van der Waals surface area contributed by atoms with E-state index in [2.05, 4.69) is 0 Å². The SMILES string of the molecule is CC(C)(C)OC(=O)N1C(Cc2ccc(Cl)cc2)COS1(=O)=O. The molecule has 0 N–H and O–H groups in total. The fraction of sp³-hybridized carbons (Fsp3) is 0.500. The van der Waals surface area contributed by atoms with Gasteiger partial charge in [0.1, 0.15) is 5.60 Å². The second-order valence-electron chi connectivity index (χ2n) is 6.00. The Balaban J connectivity index is 2.19. The quantitative estimate of drug-likeness (QED) is 0.822. The number of ether oxygens (including phenoxy) is 1. The van der Waals surface area contributed by atoms with Crippen LogP contribution in [0.5, 0.6) is 0 Å². The van der Waals surface area contributed by atoms with Crippen LogP contribution < -0.4 is 0 Å². The van der Waals surface area contributed by atoms with E-state index in [4.69, 9.17) is 20.5 Å². The maximum Gasteiger partial charge on any atom is 0.426 e. The molecule has 0 aromatic heterocycles. The smallest absolute Gasteiger partial charge is 0.426 e. The Bertz CT molecular complexity index is 651. The van der Waals surface area contributed by atoms with Crippen molar-refractivity contribution in [3.05, 3.63) is 34.9 Å². The minimum atomic E-state index is -4.10. The molecule has 0 bridgehead atoms. The Morgan fingerprint density at radius 2 is 1.95 bits per heavy atom. The van der Waals surface area contributed by atoms with Crippen molar-refractivity contribution >= 4 is 28.0 Å². The Kier molecular flexibility index (Phi) is 4.70. The zero-order valence-electron chi connectivity index (χ0n) is 12.6. The van der Waals surface area contributed by atoms with Gasteiger partial charge in [-0.3, -0.25) is 4.18 Å². The molecule has 122 valence electrons.